The van der Waals surface area contributed by atoms with Crippen molar-refractivity contribution in [1.29, 1.82) is 0 Å². The van der Waals surface area contributed by atoms with E-state index in [1.54, 1.807) is 36.4 Å². The van der Waals surface area contributed by atoms with E-state index in [0.717, 1.165) is 22.5 Å². The lowest BCUT2D eigenvalue weighted by Crippen LogP contribution is -2.14. The van der Waals surface area contributed by atoms with Crippen molar-refractivity contribution in [3.05, 3.63) is 71.4 Å². The molecular formula is C19H14N2O3. The number of aromatic amines is 1. The molecule has 0 amide bonds. The molecule has 3 aromatic rings. The Labute approximate surface area is 138 Å². The standard InChI is InChI=1S/C19H14N2O3/c22-13-7-5-11(6-8-13)17-10-12(20-21-17)9-16-14-3-1-2-4-15(14)18(23)19(16)24/h1-8,10,16,22H,9H2,(H,20,21). The van der Waals surface area contributed by atoms with Gasteiger partial charge in [0.1, 0.15) is 5.75 Å². The lowest BCUT2D eigenvalue weighted by Gasteiger charge is -2.07. The summed E-state index contributed by atoms with van der Waals surface area (Å²) in [6.07, 6.45) is 0.409. The third-order valence-corrected chi connectivity index (χ3v) is 4.34. The molecule has 1 unspecified atom stereocenters. The molecule has 0 fully saturated rings. The van der Waals surface area contributed by atoms with Crippen molar-refractivity contribution >= 4 is 11.6 Å². The number of hydrogen-bond donors (Lipinski definition) is 2. The van der Waals surface area contributed by atoms with Gasteiger partial charge in [0.15, 0.2) is 0 Å². The summed E-state index contributed by atoms with van der Waals surface area (Å²) < 4.78 is 0. The normalized spacial score (nSPS) is 16.4. The van der Waals surface area contributed by atoms with E-state index in [9.17, 15) is 14.7 Å². The van der Waals surface area contributed by atoms with Crippen molar-refractivity contribution in [3.8, 4) is 17.0 Å². The second-order valence-electron chi connectivity index (χ2n) is 5.86. The van der Waals surface area contributed by atoms with Crippen LogP contribution in [0.5, 0.6) is 5.75 Å². The molecule has 1 aliphatic rings. The summed E-state index contributed by atoms with van der Waals surface area (Å²) in [4.78, 5) is 24.3. The van der Waals surface area contributed by atoms with Gasteiger partial charge >= 0.3 is 0 Å². The summed E-state index contributed by atoms with van der Waals surface area (Å²) in [5.41, 5.74) is 3.68. The highest BCUT2D eigenvalue weighted by molar-refractivity contribution is 6.48. The second-order valence-corrected chi connectivity index (χ2v) is 5.86. The zero-order chi connectivity index (χ0) is 16.7. The minimum Gasteiger partial charge on any atom is -0.508 e. The first kappa shape index (κ1) is 14.4. The number of phenols is 1. The summed E-state index contributed by atoms with van der Waals surface area (Å²) in [5, 5.41) is 16.5. The Morgan fingerprint density at radius 1 is 1.04 bits per heavy atom. The quantitative estimate of drug-likeness (QED) is 0.727. The number of fused-ring (bicyclic) bond motifs is 1. The molecule has 2 N–H and O–H groups in total. The first-order valence-corrected chi connectivity index (χ1v) is 7.64. The molecule has 4 rings (SSSR count). The molecule has 1 heterocycles. The second kappa shape index (κ2) is 5.45. The van der Waals surface area contributed by atoms with Crippen LogP contribution in [0.3, 0.4) is 0 Å². The smallest absolute Gasteiger partial charge is 0.229 e. The number of nitrogens with one attached hydrogen (secondary N) is 1. The first-order valence-electron chi connectivity index (χ1n) is 7.64. The predicted molar refractivity (Wildman–Crippen MR) is 87.9 cm³/mol. The van der Waals surface area contributed by atoms with Crippen molar-refractivity contribution in [1.82, 2.24) is 10.2 Å². The number of carbonyl (C=O) groups excluding carboxylic acids is 2. The number of rotatable bonds is 3. The number of Topliss-reactive ketones (excluding diaryl/α,β-unsaturated/α-hetero) is 2. The summed E-state index contributed by atoms with van der Waals surface area (Å²) in [6, 6.07) is 15.7. The molecule has 118 valence electrons. The van der Waals surface area contributed by atoms with E-state index in [0.29, 0.717) is 12.0 Å². The van der Waals surface area contributed by atoms with E-state index in [-0.39, 0.29) is 11.5 Å². The minimum atomic E-state index is -0.457. The number of aromatic nitrogens is 2. The number of H-pyrrole nitrogens is 1. The van der Waals surface area contributed by atoms with Gasteiger partial charge in [-0.1, -0.05) is 24.3 Å². The highest BCUT2D eigenvalue weighted by Crippen LogP contribution is 2.33. The van der Waals surface area contributed by atoms with Crippen LogP contribution in [0.25, 0.3) is 11.3 Å². The maximum Gasteiger partial charge on any atom is 0.229 e. The minimum absolute atomic E-state index is 0.196. The Kier molecular flexibility index (Phi) is 3.27. The molecule has 5 nitrogen and oxygen atoms in total. The van der Waals surface area contributed by atoms with Crippen LogP contribution in [-0.2, 0) is 11.2 Å². The Morgan fingerprint density at radius 2 is 1.79 bits per heavy atom. The molecule has 0 saturated carbocycles. The Morgan fingerprint density at radius 3 is 2.58 bits per heavy atom. The van der Waals surface area contributed by atoms with E-state index < -0.39 is 11.7 Å². The van der Waals surface area contributed by atoms with Gasteiger partial charge in [-0.2, -0.15) is 5.10 Å². The molecule has 1 aliphatic carbocycles. The maximum absolute atomic E-state index is 12.3. The van der Waals surface area contributed by atoms with Crippen molar-refractivity contribution < 1.29 is 14.7 Å². The summed E-state index contributed by atoms with van der Waals surface area (Å²) in [6.45, 7) is 0. The van der Waals surface area contributed by atoms with Gasteiger partial charge in [-0.3, -0.25) is 14.7 Å². The Hall–Kier alpha value is -3.21. The van der Waals surface area contributed by atoms with Crippen molar-refractivity contribution in [2.24, 2.45) is 0 Å². The monoisotopic (exact) mass is 318 g/mol. The van der Waals surface area contributed by atoms with E-state index >= 15 is 0 Å². The summed E-state index contributed by atoms with van der Waals surface area (Å²) in [5.74, 6) is -1.03. The van der Waals surface area contributed by atoms with Gasteiger partial charge < -0.3 is 5.11 Å². The van der Waals surface area contributed by atoms with Gasteiger partial charge in [0.25, 0.3) is 0 Å². The largest absolute Gasteiger partial charge is 0.508 e. The molecule has 2 aromatic carbocycles. The molecule has 0 spiro atoms. The molecule has 1 aromatic heterocycles. The van der Waals surface area contributed by atoms with Crippen LogP contribution in [0.2, 0.25) is 0 Å². The Bertz CT molecular complexity index is 941. The van der Waals surface area contributed by atoms with Crippen molar-refractivity contribution in [2.45, 2.75) is 12.3 Å². The van der Waals surface area contributed by atoms with Gasteiger partial charge in [0.05, 0.1) is 11.6 Å². The maximum atomic E-state index is 12.3. The fourth-order valence-electron chi connectivity index (χ4n) is 3.11. The number of hydrogen-bond acceptors (Lipinski definition) is 4. The first-order chi connectivity index (χ1) is 11.6. The van der Waals surface area contributed by atoms with E-state index in [1.807, 2.05) is 18.2 Å². The fraction of sp³-hybridized carbons (Fsp3) is 0.105. The SMILES string of the molecule is O=C1C(=O)C(Cc2cc(-c3ccc(O)cc3)n[nH]2)c2ccccc21. The van der Waals surface area contributed by atoms with Crippen molar-refractivity contribution in [3.63, 3.8) is 0 Å². The highest BCUT2D eigenvalue weighted by atomic mass is 16.3. The number of benzene rings is 2. The van der Waals surface area contributed by atoms with E-state index in [2.05, 4.69) is 10.2 Å². The Balaban J connectivity index is 1.62. The molecule has 1 atom stereocenters. The van der Waals surface area contributed by atoms with Gasteiger partial charge in [0, 0.05) is 23.2 Å². The summed E-state index contributed by atoms with van der Waals surface area (Å²) >= 11 is 0. The lowest BCUT2D eigenvalue weighted by atomic mass is 9.95. The molecule has 0 radical (unpaired) electrons. The fourth-order valence-corrected chi connectivity index (χ4v) is 3.11. The van der Waals surface area contributed by atoms with Crippen LogP contribution in [0, 0.1) is 0 Å². The van der Waals surface area contributed by atoms with Gasteiger partial charge in [-0.15, -0.1) is 0 Å². The average Bonchev–Trinajstić information content (AvgIpc) is 3.16. The van der Waals surface area contributed by atoms with E-state index in [1.165, 1.54) is 0 Å². The van der Waals surface area contributed by atoms with Gasteiger partial charge in [-0.05, 0) is 35.9 Å². The highest BCUT2D eigenvalue weighted by Gasteiger charge is 2.38. The van der Waals surface area contributed by atoms with Gasteiger partial charge in [-0.25, -0.2) is 0 Å². The number of aromatic hydroxyl groups is 1. The number of phenolic OH excluding ortho intramolecular Hbond substituents is 1. The van der Waals surface area contributed by atoms with Gasteiger partial charge in [0.2, 0.25) is 11.6 Å². The number of carbonyl (C=O) groups is 2. The zero-order valence-electron chi connectivity index (χ0n) is 12.7. The molecular weight excluding hydrogens is 304 g/mol. The molecule has 0 bridgehead atoms. The van der Waals surface area contributed by atoms with Crippen LogP contribution < -0.4 is 0 Å². The third-order valence-electron chi connectivity index (χ3n) is 4.34. The van der Waals surface area contributed by atoms with Crippen LogP contribution in [0.1, 0.15) is 27.5 Å². The van der Waals surface area contributed by atoms with Crippen molar-refractivity contribution in [2.75, 3.05) is 0 Å². The van der Waals surface area contributed by atoms with E-state index in [4.69, 9.17) is 0 Å². The molecule has 5 heteroatoms. The van der Waals surface area contributed by atoms with Crippen LogP contribution in [0.15, 0.2) is 54.6 Å². The molecule has 0 saturated heterocycles. The lowest BCUT2D eigenvalue weighted by molar-refractivity contribution is -0.115. The zero-order valence-corrected chi connectivity index (χ0v) is 12.7. The predicted octanol–water partition coefficient (Wildman–Crippen LogP) is 2.87. The third kappa shape index (κ3) is 2.31. The topological polar surface area (TPSA) is 83.1 Å². The average molecular weight is 318 g/mol. The molecule has 0 aliphatic heterocycles. The number of ketones is 2. The molecule has 24 heavy (non-hydrogen) atoms. The van der Waals surface area contributed by atoms with Crippen LogP contribution in [-0.4, -0.2) is 26.9 Å². The number of nitrogens with zero attached hydrogens (tertiary/aromatic N) is 1. The summed E-state index contributed by atoms with van der Waals surface area (Å²) in [7, 11) is 0. The van der Waals surface area contributed by atoms with Crippen LogP contribution >= 0.6 is 0 Å². The van der Waals surface area contributed by atoms with Crippen LogP contribution in [0.4, 0.5) is 0 Å².